The van der Waals surface area contributed by atoms with E-state index in [0.717, 1.165) is 0 Å². The molecule has 2 rings (SSSR count). The summed E-state index contributed by atoms with van der Waals surface area (Å²) in [6.07, 6.45) is 0. The van der Waals surface area contributed by atoms with Gasteiger partial charge in [-0.25, -0.2) is 0 Å². The minimum Gasteiger partial charge on any atom is -0.339 e. The number of amides is 1. The lowest BCUT2D eigenvalue weighted by Gasteiger charge is -2.06. The van der Waals surface area contributed by atoms with E-state index in [1.165, 1.54) is 6.07 Å². The molecule has 4 heteroatoms. The molecule has 1 N–H and O–H groups in total. The first-order valence-corrected chi connectivity index (χ1v) is 4.59. The summed E-state index contributed by atoms with van der Waals surface area (Å²) in [6, 6.07) is 5.71. The third-order valence-corrected chi connectivity index (χ3v) is 2.38. The molecule has 1 aliphatic heterocycles. The average Bonchev–Trinajstić information content (AvgIpc) is 2.33. The van der Waals surface area contributed by atoms with Gasteiger partial charge in [0, 0.05) is 11.1 Å². The molecule has 1 heterocycles. The second kappa shape index (κ2) is 3.31. The molecule has 1 unspecified atom stereocenters. The molecule has 1 aliphatic rings. The molecule has 0 bridgehead atoms. The topological polar surface area (TPSA) is 63.2 Å². The van der Waals surface area contributed by atoms with Crippen LogP contribution in [0.4, 0.5) is 0 Å². The van der Waals surface area contributed by atoms with Crippen molar-refractivity contribution in [3.8, 4) is 0 Å². The number of nitrogens with one attached hydrogen (secondary N) is 1. The van der Waals surface area contributed by atoms with Crippen LogP contribution < -0.4 is 5.32 Å². The first-order chi connectivity index (χ1) is 7.11. The Morgan fingerprint density at radius 1 is 1.07 bits per heavy atom. The molecule has 0 saturated carbocycles. The number of ketones is 2. The molecule has 15 heavy (non-hydrogen) atoms. The molecule has 4 nitrogen and oxygen atoms in total. The van der Waals surface area contributed by atoms with Crippen LogP contribution in [0.15, 0.2) is 24.3 Å². The Bertz CT molecular complexity index is 465. The zero-order chi connectivity index (χ0) is 11.0. The average molecular weight is 203 g/mol. The van der Waals surface area contributed by atoms with Crippen molar-refractivity contribution in [2.45, 2.75) is 13.0 Å². The van der Waals surface area contributed by atoms with Gasteiger partial charge in [-0.15, -0.1) is 0 Å². The van der Waals surface area contributed by atoms with Gasteiger partial charge in [-0.1, -0.05) is 24.3 Å². The van der Waals surface area contributed by atoms with E-state index in [4.69, 9.17) is 0 Å². The summed E-state index contributed by atoms with van der Waals surface area (Å²) in [5.74, 6) is -1.60. The normalized spacial score (nSPS) is 20.6. The standard InChI is InChI=1S/C11H9NO3/c1-6-9(13)7-4-2-3-5-8(7)10(14)11(15)12-6/h2-6H,1H3,(H,12,15). The summed E-state index contributed by atoms with van der Waals surface area (Å²) in [5.41, 5.74) is 0.498. The van der Waals surface area contributed by atoms with E-state index in [-0.39, 0.29) is 11.3 Å². The van der Waals surface area contributed by atoms with Crippen molar-refractivity contribution in [3.05, 3.63) is 35.4 Å². The Labute approximate surface area is 86.3 Å². The summed E-state index contributed by atoms with van der Waals surface area (Å²) in [4.78, 5) is 34.6. The van der Waals surface area contributed by atoms with Gasteiger partial charge < -0.3 is 5.32 Å². The number of hydrogen-bond donors (Lipinski definition) is 1. The predicted octanol–water partition coefficient (Wildman–Crippen LogP) is 0.570. The van der Waals surface area contributed by atoms with Crippen molar-refractivity contribution in [1.82, 2.24) is 5.32 Å². The van der Waals surface area contributed by atoms with Gasteiger partial charge in [0.1, 0.15) is 0 Å². The van der Waals surface area contributed by atoms with Crippen molar-refractivity contribution < 1.29 is 14.4 Å². The van der Waals surface area contributed by atoms with Gasteiger partial charge in [0.15, 0.2) is 5.78 Å². The number of rotatable bonds is 0. The number of carbonyl (C=O) groups excluding carboxylic acids is 3. The molecular weight excluding hydrogens is 194 g/mol. The van der Waals surface area contributed by atoms with Crippen LogP contribution in [0.3, 0.4) is 0 Å². The Morgan fingerprint density at radius 3 is 2.33 bits per heavy atom. The highest BCUT2D eigenvalue weighted by molar-refractivity contribution is 6.45. The molecule has 0 radical (unpaired) electrons. The van der Waals surface area contributed by atoms with Gasteiger partial charge in [0.2, 0.25) is 0 Å². The zero-order valence-electron chi connectivity index (χ0n) is 8.11. The van der Waals surface area contributed by atoms with Gasteiger partial charge in [-0.3, -0.25) is 14.4 Å². The van der Waals surface area contributed by atoms with Gasteiger partial charge in [0.25, 0.3) is 11.7 Å². The largest absolute Gasteiger partial charge is 0.339 e. The van der Waals surface area contributed by atoms with Gasteiger partial charge in [-0.05, 0) is 6.92 Å². The van der Waals surface area contributed by atoms with E-state index >= 15 is 0 Å². The Hall–Kier alpha value is -1.97. The van der Waals surface area contributed by atoms with Crippen molar-refractivity contribution in [3.63, 3.8) is 0 Å². The molecule has 76 valence electrons. The smallest absolute Gasteiger partial charge is 0.292 e. The van der Waals surface area contributed by atoms with Gasteiger partial charge in [0.05, 0.1) is 6.04 Å². The quantitative estimate of drug-likeness (QED) is 0.627. The number of carbonyl (C=O) groups is 3. The van der Waals surface area contributed by atoms with Crippen LogP contribution >= 0.6 is 0 Å². The molecule has 0 saturated heterocycles. The fourth-order valence-electron chi connectivity index (χ4n) is 1.58. The first kappa shape index (κ1) is 9.58. The summed E-state index contributed by atoms with van der Waals surface area (Å²) in [6.45, 7) is 1.57. The maximum absolute atomic E-state index is 11.8. The van der Waals surface area contributed by atoms with Gasteiger partial charge >= 0.3 is 0 Å². The molecule has 0 aliphatic carbocycles. The van der Waals surface area contributed by atoms with E-state index < -0.39 is 17.7 Å². The molecule has 1 atom stereocenters. The molecule has 0 fully saturated rings. The fourth-order valence-corrected chi connectivity index (χ4v) is 1.58. The Kier molecular flexibility index (Phi) is 2.11. The summed E-state index contributed by atoms with van der Waals surface area (Å²) in [5, 5.41) is 2.35. The predicted molar refractivity (Wildman–Crippen MR) is 52.7 cm³/mol. The van der Waals surface area contributed by atoms with Crippen LogP contribution in [0.1, 0.15) is 27.6 Å². The third kappa shape index (κ3) is 1.44. The lowest BCUT2D eigenvalue weighted by molar-refractivity contribution is -0.117. The molecular formula is C11H9NO3. The van der Waals surface area contributed by atoms with Crippen LogP contribution in [-0.2, 0) is 4.79 Å². The fraction of sp³-hybridized carbons (Fsp3) is 0.182. The lowest BCUT2D eigenvalue weighted by atomic mass is 9.99. The molecule has 1 aromatic carbocycles. The summed E-state index contributed by atoms with van der Waals surface area (Å²) >= 11 is 0. The van der Waals surface area contributed by atoms with Crippen LogP contribution in [0, 0.1) is 0 Å². The molecule has 1 aromatic rings. The van der Waals surface area contributed by atoms with Crippen molar-refractivity contribution >= 4 is 17.5 Å². The maximum Gasteiger partial charge on any atom is 0.292 e. The lowest BCUT2D eigenvalue weighted by Crippen LogP contribution is -2.38. The zero-order valence-corrected chi connectivity index (χ0v) is 8.11. The van der Waals surface area contributed by atoms with E-state index in [1.807, 2.05) is 0 Å². The summed E-state index contributed by atoms with van der Waals surface area (Å²) in [7, 11) is 0. The maximum atomic E-state index is 11.8. The molecule has 1 amide bonds. The number of benzene rings is 1. The van der Waals surface area contributed by atoms with Crippen molar-refractivity contribution in [2.24, 2.45) is 0 Å². The molecule has 0 aromatic heterocycles. The highest BCUT2D eigenvalue weighted by atomic mass is 16.2. The first-order valence-electron chi connectivity index (χ1n) is 4.59. The minimum atomic E-state index is -0.721. The highest BCUT2D eigenvalue weighted by Gasteiger charge is 2.30. The second-order valence-corrected chi connectivity index (χ2v) is 3.43. The van der Waals surface area contributed by atoms with Crippen LogP contribution in [0.25, 0.3) is 0 Å². The van der Waals surface area contributed by atoms with Crippen LogP contribution in [0.2, 0.25) is 0 Å². The van der Waals surface area contributed by atoms with Gasteiger partial charge in [-0.2, -0.15) is 0 Å². The van der Waals surface area contributed by atoms with Crippen molar-refractivity contribution in [1.29, 1.82) is 0 Å². The monoisotopic (exact) mass is 203 g/mol. The van der Waals surface area contributed by atoms with Crippen molar-refractivity contribution in [2.75, 3.05) is 0 Å². The van der Waals surface area contributed by atoms with E-state index in [2.05, 4.69) is 5.32 Å². The third-order valence-electron chi connectivity index (χ3n) is 2.38. The highest BCUT2D eigenvalue weighted by Crippen LogP contribution is 2.15. The van der Waals surface area contributed by atoms with Crippen LogP contribution in [0.5, 0.6) is 0 Å². The van der Waals surface area contributed by atoms with E-state index in [9.17, 15) is 14.4 Å². The Balaban J connectivity index is 2.64. The SMILES string of the molecule is CC1NC(=O)C(=O)c2ccccc2C1=O. The molecule has 0 spiro atoms. The number of Topliss-reactive ketones (excluding diaryl/α,β-unsaturated/α-hetero) is 2. The number of fused-ring (bicyclic) bond motifs is 1. The summed E-state index contributed by atoms with van der Waals surface area (Å²) < 4.78 is 0. The van der Waals surface area contributed by atoms with E-state index in [1.54, 1.807) is 25.1 Å². The van der Waals surface area contributed by atoms with E-state index in [0.29, 0.717) is 5.56 Å². The number of hydrogen-bond acceptors (Lipinski definition) is 3. The minimum absolute atomic E-state index is 0.185. The van der Waals surface area contributed by atoms with Crippen LogP contribution in [-0.4, -0.2) is 23.5 Å². The second-order valence-electron chi connectivity index (χ2n) is 3.43. The Morgan fingerprint density at radius 2 is 1.67 bits per heavy atom.